The molecular formula is C25H30FN5O4. The van der Waals surface area contributed by atoms with Crippen LogP contribution in [0.15, 0.2) is 61.2 Å². The zero-order valence-corrected chi connectivity index (χ0v) is 19.7. The highest BCUT2D eigenvalue weighted by molar-refractivity contribution is 5.73. The van der Waals surface area contributed by atoms with Gasteiger partial charge in [0, 0.05) is 39.2 Å². The highest BCUT2D eigenvalue weighted by Gasteiger charge is 2.37. The fourth-order valence-electron chi connectivity index (χ4n) is 4.11. The van der Waals surface area contributed by atoms with Crippen LogP contribution in [-0.2, 0) is 17.9 Å². The van der Waals surface area contributed by atoms with Gasteiger partial charge >= 0.3 is 0 Å². The molecule has 4 rings (SSSR count). The Morgan fingerprint density at radius 3 is 2.66 bits per heavy atom. The van der Waals surface area contributed by atoms with E-state index in [0.717, 1.165) is 11.3 Å². The number of hydrogen-bond acceptors (Lipinski definition) is 7. The summed E-state index contributed by atoms with van der Waals surface area (Å²) in [6, 6.07) is 13.6. The molecule has 186 valence electrons. The predicted molar refractivity (Wildman–Crippen MR) is 126 cm³/mol. The number of benzene rings is 2. The number of aromatic nitrogens is 3. The molecule has 1 fully saturated rings. The van der Waals surface area contributed by atoms with Crippen molar-refractivity contribution in [2.45, 2.75) is 25.6 Å². The van der Waals surface area contributed by atoms with Crippen LogP contribution in [0, 0.1) is 5.82 Å². The lowest BCUT2D eigenvalue weighted by Gasteiger charge is -2.32. The Hall–Kier alpha value is -3.50. The van der Waals surface area contributed by atoms with Crippen LogP contribution >= 0.6 is 0 Å². The van der Waals surface area contributed by atoms with E-state index < -0.39 is 11.4 Å². The number of carbonyl (C=O) groups excluding carboxylic acids is 1. The molecule has 1 N–H and O–H groups in total. The molecular weight excluding hydrogens is 453 g/mol. The van der Waals surface area contributed by atoms with Gasteiger partial charge in [-0.1, -0.05) is 18.2 Å². The molecule has 1 aliphatic rings. The number of hydrogen-bond donors (Lipinski definition) is 1. The van der Waals surface area contributed by atoms with E-state index in [-0.39, 0.29) is 19.1 Å². The van der Waals surface area contributed by atoms with Crippen molar-refractivity contribution in [2.24, 2.45) is 0 Å². The maximum absolute atomic E-state index is 13.5. The van der Waals surface area contributed by atoms with Crippen molar-refractivity contribution < 1.29 is 23.8 Å². The summed E-state index contributed by atoms with van der Waals surface area (Å²) in [5.41, 5.74) is -0.298. The van der Waals surface area contributed by atoms with Gasteiger partial charge in [-0.05, 0) is 29.8 Å². The number of nitrogens with zero attached hydrogens (tertiary/aromatic N) is 5. The van der Waals surface area contributed by atoms with Gasteiger partial charge in [-0.15, -0.1) is 0 Å². The summed E-state index contributed by atoms with van der Waals surface area (Å²) in [4.78, 5) is 19.8. The third kappa shape index (κ3) is 7.24. The average molecular weight is 484 g/mol. The Morgan fingerprint density at radius 1 is 1.11 bits per heavy atom. The number of β-amino-alcohol motifs (C(OH)–C–C–N with tert-alkyl or cyclic N) is 1. The molecule has 0 radical (unpaired) electrons. The van der Waals surface area contributed by atoms with Crippen LogP contribution in [0.25, 0.3) is 0 Å². The van der Waals surface area contributed by atoms with Crippen molar-refractivity contribution in [3.05, 3.63) is 72.6 Å². The zero-order chi connectivity index (χ0) is 24.7. The van der Waals surface area contributed by atoms with Gasteiger partial charge in [0.25, 0.3) is 0 Å². The van der Waals surface area contributed by atoms with Crippen LogP contribution in [0.5, 0.6) is 11.5 Å². The molecule has 3 aromatic rings. The smallest absolute Gasteiger partial charge is 0.219 e. The molecule has 0 aliphatic carbocycles. The van der Waals surface area contributed by atoms with Gasteiger partial charge in [0.1, 0.15) is 48.8 Å². The Kier molecular flexibility index (Phi) is 7.94. The molecule has 0 saturated carbocycles. The molecule has 9 nitrogen and oxygen atoms in total. The normalized spacial score (nSPS) is 18.8. The topological polar surface area (TPSA) is 93.0 Å². The van der Waals surface area contributed by atoms with Crippen LogP contribution in [0.2, 0.25) is 0 Å². The van der Waals surface area contributed by atoms with Gasteiger partial charge in [-0.2, -0.15) is 5.10 Å². The van der Waals surface area contributed by atoms with Crippen LogP contribution in [0.4, 0.5) is 4.39 Å². The first-order chi connectivity index (χ1) is 16.9. The van der Waals surface area contributed by atoms with Crippen molar-refractivity contribution in [1.82, 2.24) is 24.6 Å². The SMILES string of the molecule is CC(=O)N1CCN(Cc2cccc(OCCn3cncn3)c2)C[C@](O)(COc2cccc(F)c2)C1. The summed E-state index contributed by atoms with van der Waals surface area (Å²) in [5, 5.41) is 15.5. The second kappa shape index (κ2) is 11.3. The van der Waals surface area contributed by atoms with Gasteiger partial charge in [-0.25, -0.2) is 14.1 Å². The molecule has 1 aliphatic heterocycles. The molecule has 10 heteroatoms. The lowest BCUT2D eigenvalue weighted by Crippen LogP contribution is -2.51. The highest BCUT2D eigenvalue weighted by atomic mass is 19.1. The maximum Gasteiger partial charge on any atom is 0.219 e. The van der Waals surface area contributed by atoms with Crippen molar-refractivity contribution in [3.63, 3.8) is 0 Å². The predicted octanol–water partition coefficient (Wildman–Crippen LogP) is 1.97. The van der Waals surface area contributed by atoms with Gasteiger partial charge in [0.15, 0.2) is 0 Å². The molecule has 2 aromatic carbocycles. The summed E-state index contributed by atoms with van der Waals surface area (Å²) in [6.07, 6.45) is 3.13. The minimum atomic E-state index is -1.32. The molecule has 1 saturated heterocycles. The number of carbonyl (C=O) groups is 1. The van der Waals surface area contributed by atoms with Crippen LogP contribution in [0.3, 0.4) is 0 Å². The van der Waals surface area contributed by atoms with E-state index in [2.05, 4.69) is 15.0 Å². The monoisotopic (exact) mass is 483 g/mol. The Labute approximate surface area is 203 Å². The average Bonchev–Trinajstić information content (AvgIpc) is 3.28. The van der Waals surface area contributed by atoms with E-state index in [1.165, 1.54) is 25.4 Å². The lowest BCUT2D eigenvalue weighted by molar-refractivity contribution is -0.132. The first-order valence-electron chi connectivity index (χ1n) is 11.5. The molecule has 1 atom stereocenters. The van der Waals surface area contributed by atoms with Gasteiger partial charge in [0.2, 0.25) is 5.91 Å². The first kappa shape index (κ1) is 24.6. The minimum absolute atomic E-state index is 0.0673. The second-order valence-corrected chi connectivity index (χ2v) is 8.78. The first-order valence-corrected chi connectivity index (χ1v) is 11.5. The number of ether oxygens (including phenoxy) is 2. The van der Waals surface area contributed by atoms with E-state index in [1.54, 1.807) is 28.0 Å². The van der Waals surface area contributed by atoms with Gasteiger partial charge in [0.05, 0.1) is 13.1 Å². The Balaban J connectivity index is 1.40. The Morgan fingerprint density at radius 2 is 1.91 bits per heavy atom. The summed E-state index contributed by atoms with van der Waals surface area (Å²) in [7, 11) is 0. The number of aliphatic hydroxyl groups is 1. The summed E-state index contributed by atoms with van der Waals surface area (Å²) in [5.74, 6) is 0.552. The second-order valence-electron chi connectivity index (χ2n) is 8.78. The molecule has 0 bridgehead atoms. The molecule has 1 amide bonds. The highest BCUT2D eigenvalue weighted by Crippen LogP contribution is 2.21. The molecule has 0 unspecified atom stereocenters. The fourth-order valence-corrected chi connectivity index (χ4v) is 4.11. The summed E-state index contributed by atoms with van der Waals surface area (Å²) < 4.78 is 26.8. The molecule has 1 aromatic heterocycles. The Bertz CT molecular complexity index is 1110. The van der Waals surface area contributed by atoms with E-state index in [4.69, 9.17) is 9.47 Å². The van der Waals surface area contributed by atoms with Gasteiger partial charge < -0.3 is 19.5 Å². The minimum Gasteiger partial charge on any atom is -0.492 e. The number of amides is 1. The summed E-state index contributed by atoms with van der Waals surface area (Å²) in [6.45, 7) is 4.56. The molecule has 35 heavy (non-hydrogen) atoms. The number of rotatable bonds is 9. The zero-order valence-electron chi connectivity index (χ0n) is 19.7. The van der Waals surface area contributed by atoms with E-state index in [1.807, 2.05) is 24.3 Å². The molecule has 0 spiro atoms. The van der Waals surface area contributed by atoms with Crippen molar-refractivity contribution in [3.8, 4) is 11.5 Å². The standard InChI is InChI=1S/C25H30FN5O4/c1-20(32)30-9-8-29(15-25(33,16-30)17-35-24-7-3-5-22(26)13-24)14-21-4-2-6-23(12-21)34-11-10-31-19-27-18-28-31/h2-7,12-13,18-19,33H,8-11,14-17H2,1H3/t25-/m1/s1. The van der Waals surface area contributed by atoms with Crippen LogP contribution in [0.1, 0.15) is 12.5 Å². The largest absolute Gasteiger partial charge is 0.492 e. The van der Waals surface area contributed by atoms with Crippen molar-refractivity contribution in [1.29, 1.82) is 0 Å². The van der Waals surface area contributed by atoms with Crippen molar-refractivity contribution >= 4 is 5.91 Å². The van der Waals surface area contributed by atoms with E-state index >= 15 is 0 Å². The van der Waals surface area contributed by atoms with Gasteiger partial charge in [-0.3, -0.25) is 9.69 Å². The molecule has 2 heterocycles. The van der Waals surface area contributed by atoms with E-state index in [0.29, 0.717) is 45.1 Å². The third-order valence-electron chi connectivity index (χ3n) is 5.80. The van der Waals surface area contributed by atoms with E-state index in [9.17, 15) is 14.3 Å². The van der Waals surface area contributed by atoms with Crippen LogP contribution in [-0.4, -0.2) is 80.6 Å². The third-order valence-corrected chi connectivity index (χ3v) is 5.80. The summed E-state index contributed by atoms with van der Waals surface area (Å²) >= 11 is 0. The fraction of sp³-hybridized carbons (Fsp3) is 0.400. The maximum atomic E-state index is 13.5. The van der Waals surface area contributed by atoms with Crippen molar-refractivity contribution in [2.75, 3.05) is 39.4 Å². The van der Waals surface area contributed by atoms with Crippen LogP contribution < -0.4 is 9.47 Å². The quantitative estimate of drug-likeness (QED) is 0.497. The lowest BCUT2D eigenvalue weighted by atomic mass is 10.0. The number of halogens is 1.